The number of likely N-dealkylation sites (N-methyl/N-ethyl adjacent to an activating group) is 1. The van der Waals surface area contributed by atoms with Crippen LogP contribution in [0.3, 0.4) is 0 Å². The SMILES string of the molecule is CCN(Cc1ccccc1)C(=O)Cn1c(=O)c(C(F)(F)F)nc2cc(C)c(C)cc21. The van der Waals surface area contributed by atoms with Crippen LogP contribution < -0.4 is 5.56 Å². The number of carbonyl (C=O) groups is 1. The third-order valence-corrected chi connectivity index (χ3v) is 5.07. The molecule has 1 heterocycles. The summed E-state index contributed by atoms with van der Waals surface area (Å²) in [5.74, 6) is -0.442. The highest BCUT2D eigenvalue weighted by molar-refractivity contribution is 5.81. The Hall–Kier alpha value is -3.16. The van der Waals surface area contributed by atoms with Gasteiger partial charge in [-0.3, -0.25) is 14.2 Å². The fourth-order valence-corrected chi connectivity index (χ4v) is 3.25. The summed E-state index contributed by atoms with van der Waals surface area (Å²) in [5, 5.41) is 0. The van der Waals surface area contributed by atoms with Crippen molar-refractivity contribution in [2.75, 3.05) is 6.54 Å². The van der Waals surface area contributed by atoms with Crippen LogP contribution >= 0.6 is 0 Å². The van der Waals surface area contributed by atoms with Gasteiger partial charge in [-0.1, -0.05) is 30.3 Å². The van der Waals surface area contributed by atoms with Gasteiger partial charge in [0.15, 0.2) is 0 Å². The average molecular weight is 417 g/mol. The number of halogens is 3. The van der Waals surface area contributed by atoms with E-state index >= 15 is 0 Å². The average Bonchev–Trinajstić information content (AvgIpc) is 2.69. The normalized spacial score (nSPS) is 11.7. The lowest BCUT2D eigenvalue weighted by Crippen LogP contribution is -2.38. The molecule has 0 saturated heterocycles. The van der Waals surface area contributed by atoms with Gasteiger partial charge < -0.3 is 4.90 Å². The van der Waals surface area contributed by atoms with E-state index < -0.39 is 29.9 Å². The van der Waals surface area contributed by atoms with Gasteiger partial charge in [-0.15, -0.1) is 0 Å². The van der Waals surface area contributed by atoms with E-state index in [0.717, 1.165) is 21.3 Å². The van der Waals surface area contributed by atoms with Gasteiger partial charge in [0.05, 0.1) is 11.0 Å². The van der Waals surface area contributed by atoms with Gasteiger partial charge in [0.2, 0.25) is 11.6 Å². The highest BCUT2D eigenvalue weighted by Gasteiger charge is 2.37. The van der Waals surface area contributed by atoms with E-state index in [-0.39, 0.29) is 11.0 Å². The second kappa shape index (κ2) is 8.30. The Labute approximate surface area is 171 Å². The van der Waals surface area contributed by atoms with Crippen LogP contribution in [0.2, 0.25) is 0 Å². The summed E-state index contributed by atoms with van der Waals surface area (Å²) < 4.78 is 41.1. The summed E-state index contributed by atoms with van der Waals surface area (Å²) in [5.41, 5.74) is -0.161. The summed E-state index contributed by atoms with van der Waals surface area (Å²) in [6, 6.07) is 12.4. The Morgan fingerprint density at radius 3 is 2.33 bits per heavy atom. The Bertz CT molecular complexity index is 1140. The topological polar surface area (TPSA) is 55.2 Å². The quantitative estimate of drug-likeness (QED) is 0.629. The Kier molecular flexibility index (Phi) is 5.96. The highest BCUT2D eigenvalue weighted by atomic mass is 19.4. The van der Waals surface area contributed by atoms with Gasteiger partial charge in [-0.2, -0.15) is 13.2 Å². The van der Waals surface area contributed by atoms with Gasteiger partial charge in [-0.05, 0) is 49.6 Å². The lowest BCUT2D eigenvalue weighted by Gasteiger charge is -2.22. The van der Waals surface area contributed by atoms with E-state index in [0.29, 0.717) is 13.1 Å². The lowest BCUT2D eigenvalue weighted by molar-refractivity contribution is -0.142. The molecule has 8 heteroatoms. The predicted molar refractivity (Wildman–Crippen MR) is 108 cm³/mol. The molecule has 0 aliphatic heterocycles. The Balaban J connectivity index is 2.07. The maximum absolute atomic E-state index is 13.4. The number of hydrogen-bond acceptors (Lipinski definition) is 3. The number of aryl methyl sites for hydroxylation is 2. The number of rotatable bonds is 5. The minimum absolute atomic E-state index is 0.0314. The maximum atomic E-state index is 13.4. The number of carbonyl (C=O) groups excluding carboxylic acids is 1. The van der Waals surface area contributed by atoms with Crippen molar-refractivity contribution in [3.63, 3.8) is 0 Å². The van der Waals surface area contributed by atoms with E-state index in [9.17, 15) is 22.8 Å². The number of aromatic nitrogens is 2. The van der Waals surface area contributed by atoms with Crippen molar-refractivity contribution in [3.05, 3.63) is 75.2 Å². The summed E-state index contributed by atoms with van der Waals surface area (Å²) >= 11 is 0. The lowest BCUT2D eigenvalue weighted by atomic mass is 10.1. The van der Waals surface area contributed by atoms with Crippen molar-refractivity contribution >= 4 is 16.9 Å². The molecule has 0 spiro atoms. The zero-order valence-corrected chi connectivity index (χ0v) is 17.0. The molecule has 0 atom stereocenters. The molecule has 0 fully saturated rings. The van der Waals surface area contributed by atoms with Crippen LogP contribution in [-0.4, -0.2) is 26.9 Å². The largest absolute Gasteiger partial charge is 0.438 e. The van der Waals surface area contributed by atoms with E-state index in [2.05, 4.69) is 4.98 Å². The van der Waals surface area contributed by atoms with Gasteiger partial charge in [0, 0.05) is 13.1 Å². The zero-order chi connectivity index (χ0) is 22.1. The van der Waals surface area contributed by atoms with Crippen molar-refractivity contribution in [3.8, 4) is 0 Å². The maximum Gasteiger partial charge on any atom is 0.438 e. The summed E-state index contributed by atoms with van der Waals surface area (Å²) in [6.07, 6.45) is -4.91. The first-order chi connectivity index (χ1) is 14.1. The molecule has 0 N–H and O–H groups in total. The smallest absolute Gasteiger partial charge is 0.337 e. The molecule has 5 nitrogen and oxygen atoms in total. The van der Waals surface area contributed by atoms with Crippen LogP contribution in [0, 0.1) is 13.8 Å². The summed E-state index contributed by atoms with van der Waals surface area (Å²) in [4.78, 5) is 30.6. The molecule has 0 aliphatic carbocycles. The van der Waals surface area contributed by atoms with Crippen molar-refractivity contribution in [2.24, 2.45) is 0 Å². The number of hydrogen-bond donors (Lipinski definition) is 0. The molecule has 3 aromatic rings. The van der Waals surface area contributed by atoms with E-state index in [4.69, 9.17) is 0 Å². The van der Waals surface area contributed by atoms with Gasteiger partial charge in [0.25, 0.3) is 5.56 Å². The standard InChI is InChI=1S/C22H22F3N3O2/c1-4-27(12-16-8-6-5-7-9-16)19(29)13-28-18-11-15(3)14(2)10-17(18)26-20(21(28)30)22(23,24)25/h5-11H,4,12-13H2,1-3H3. The van der Waals surface area contributed by atoms with Crippen LogP contribution in [0.1, 0.15) is 29.3 Å². The van der Waals surface area contributed by atoms with Crippen LogP contribution in [0.15, 0.2) is 47.3 Å². The van der Waals surface area contributed by atoms with Crippen LogP contribution in [0.25, 0.3) is 11.0 Å². The molecular weight excluding hydrogens is 395 g/mol. The number of amides is 1. The number of benzene rings is 2. The van der Waals surface area contributed by atoms with Gasteiger partial charge in [0.1, 0.15) is 6.54 Å². The Morgan fingerprint density at radius 2 is 1.73 bits per heavy atom. The number of nitrogens with zero attached hydrogens (tertiary/aromatic N) is 3. The fraction of sp³-hybridized carbons (Fsp3) is 0.318. The van der Waals surface area contributed by atoms with E-state index in [1.54, 1.807) is 26.8 Å². The number of fused-ring (bicyclic) bond motifs is 1. The summed E-state index contributed by atoms with van der Waals surface area (Å²) in [7, 11) is 0. The Morgan fingerprint density at radius 1 is 1.10 bits per heavy atom. The molecule has 0 aliphatic rings. The van der Waals surface area contributed by atoms with E-state index in [1.807, 2.05) is 30.3 Å². The zero-order valence-electron chi connectivity index (χ0n) is 17.0. The van der Waals surface area contributed by atoms with Crippen molar-refractivity contribution in [1.82, 2.24) is 14.5 Å². The minimum atomic E-state index is -4.91. The highest BCUT2D eigenvalue weighted by Crippen LogP contribution is 2.27. The third-order valence-electron chi connectivity index (χ3n) is 5.07. The molecule has 1 amide bonds. The van der Waals surface area contributed by atoms with Crippen LogP contribution in [0.5, 0.6) is 0 Å². The van der Waals surface area contributed by atoms with Crippen LogP contribution in [-0.2, 0) is 24.1 Å². The molecule has 3 rings (SSSR count). The van der Waals surface area contributed by atoms with Gasteiger partial charge in [-0.25, -0.2) is 4.98 Å². The first kappa shape index (κ1) is 21.5. The molecule has 158 valence electrons. The van der Waals surface area contributed by atoms with E-state index in [1.165, 1.54) is 11.0 Å². The minimum Gasteiger partial charge on any atom is -0.337 e. The van der Waals surface area contributed by atoms with Crippen molar-refractivity contribution < 1.29 is 18.0 Å². The van der Waals surface area contributed by atoms with Crippen molar-refractivity contribution in [2.45, 2.75) is 40.0 Å². The molecule has 30 heavy (non-hydrogen) atoms. The summed E-state index contributed by atoms with van der Waals surface area (Å²) in [6.45, 7) is 5.49. The van der Waals surface area contributed by atoms with Crippen LogP contribution in [0.4, 0.5) is 13.2 Å². The first-order valence-corrected chi connectivity index (χ1v) is 9.52. The first-order valence-electron chi connectivity index (χ1n) is 9.52. The molecule has 1 aromatic heterocycles. The molecule has 2 aromatic carbocycles. The molecule has 0 bridgehead atoms. The molecule has 0 saturated carbocycles. The molecule has 0 unspecified atom stereocenters. The predicted octanol–water partition coefficient (Wildman–Crippen LogP) is 4.08. The fourth-order valence-electron chi connectivity index (χ4n) is 3.25. The van der Waals surface area contributed by atoms with Crippen molar-refractivity contribution in [1.29, 1.82) is 0 Å². The second-order valence-corrected chi connectivity index (χ2v) is 7.17. The molecular formula is C22H22F3N3O2. The van der Waals surface area contributed by atoms with Gasteiger partial charge >= 0.3 is 6.18 Å². The number of alkyl halides is 3. The monoisotopic (exact) mass is 417 g/mol. The molecule has 0 radical (unpaired) electrons. The second-order valence-electron chi connectivity index (χ2n) is 7.17. The third kappa shape index (κ3) is 4.37.